The molecule has 0 amide bonds. The first-order valence-electron chi connectivity index (χ1n) is 8.43. The molecule has 0 saturated carbocycles. The van der Waals surface area contributed by atoms with Crippen LogP contribution in [-0.4, -0.2) is 22.2 Å². The van der Waals surface area contributed by atoms with Crippen molar-refractivity contribution in [3.8, 4) is 0 Å². The van der Waals surface area contributed by atoms with Gasteiger partial charge in [-0.25, -0.2) is 0 Å². The summed E-state index contributed by atoms with van der Waals surface area (Å²) in [6.07, 6.45) is 7.31. The molecule has 3 rings (SSSR count). The van der Waals surface area contributed by atoms with Gasteiger partial charge in [0, 0.05) is 4.79 Å². The van der Waals surface area contributed by atoms with Gasteiger partial charge < -0.3 is 0 Å². The molecule has 0 aliphatic heterocycles. The van der Waals surface area contributed by atoms with Crippen LogP contribution in [-0.2, 0) is 10.2 Å². The van der Waals surface area contributed by atoms with Crippen LogP contribution in [0.4, 0.5) is 0 Å². The van der Waals surface area contributed by atoms with E-state index in [1.807, 2.05) is 42.5 Å². The lowest BCUT2D eigenvalue weighted by Crippen LogP contribution is -2.52. The molecule has 0 bridgehead atoms. The fraction of sp³-hybridized carbons (Fsp3) is 0.273. The van der Waals surface area contributed by atoms with Crippen LogP contribution in [0, 0.1) is 5.92 Å². The number of hydrogen-bond acceptors (Lipinski definition) is 3. The lowest BCUT2D eigenvalue weighted by Gasteiger charge is -2.38. The molecule has 1 nitrogen and oxygen atoms in total. The summed E-state index contributed by atoms with van der Waals surface area (Å²) >= 11 is 6.95. The average molecular weight is 365 g/mol. The van der Waals surface area contributed by atoms with E-state index in [4.69, 9.17) is 12.2 Å². The monoisotopic (exact) mass is 364 g/mol. The van der Waals surface area contributed by atoms with Crippen LogP contribution >= 0.6 is 24.0 Å². The van der Waals surface area contributed by atoms with Crippen molar-refractivity contribution in [3.05, 3.63) is 83.9 Å². The normalized spacial score (nSPS) is 24.3. The van der Waals surface area contributed by atoms with Gasteiger partial charge in [0.1, 0.15) is 0 Å². The lowest BCUT2D eigenvalue weighted by atomic mass is 9.58. The molecule has 0 fully saturated rings. The Morgan fingerprint density at radius 3 is 2.08 bits per heavy atom. The molecule has 124 valence electrons. The number of carbonyl (C=O) groups excluding carboxylic acids is 1. The van der Waals surface area contributed by atoms with Crippen LogP contribution in [0.15, 0.2) is 72.8 Å². The first kappa shape index (κ1) is 17.9. The molecule has 0 heterocycles. The van der Waals surface area contributed by atoms with Gasteiger partial charge in [-0.3, -0.25) is 0 Å². The highest BCUT2D eigenvalue weighted by atomic mass is 32.2. The molecule has 1 aliphatic rings. The number of rotatable bonds is 6. The number of allylic oxidation sites excluding steroid dienone is 1. The van der Waals surface area contributed by atoms with E-state index in [1.165, 1.54) is 0 Å². The van der Waals surface area contributed by atoms with Gasteiger partial charge in [-0.2, -0.15) is 0 Å². The molecule has 2 aromatic rings. The van der Waals surface area contributed by atoms with Crippen molar-refractivity contribution in [1.29, 1.82) is 0 Å². The molecule has 3 heteroatoms. The van der Waals surface area contributed by atoms with Crippen molar-refractivity contribution in [2.24, 2.45) is 5.92 Å². The van der Waals surface area contributed by atoms with Gasteiger partial charge in [-0.15, -0.1) is 0 Å². The van der Waals surface area contributed by atoms with Crippen LogP contribution < -0.4 is 0 Å². The highest BCUT2D eigenvalue weighted by Crippen LogP contribution is 2.52. The van der Waals surface area contributed by atoms with Crippen molar-refractivity contribution >= 4 is 35.6 Å². The van der Waals surface area contributed by atoms with Gasteiger partial charge in [0.05, 0.1) is 5.41 Å². The Bertz CT molecular complexity index is 715. The summed E-state index contributed by atoms with van der Waals surface area (Å²) in [6, 6.07) is 20.5. The fourth-order valence-corrected chi connectivity index (χ4v) is 5.40. The Balaban J connectivity index is 2.29. The standard InChI is InChI=1S/C22H20OS2/c1-2-25-21(17-24)14-9-15-22(20(21)16-23,18-10-5-3-6-11-18)19-12-7-4-8-13-19/h3-14,20H,2,15H2,1H3/q+2. The molecule has 0 N–H and O–H groups in total. The van der Waals surface area contributed by atoms with Crippen molar-refractivity contribution in [3.63, 3.8) is 0 Å². The number of hydrogen-bond donors (Lipinski definition) is 0. The van der Waals surface area contributed by atoms with E-state index in [9.17, 15) is 4.79 Å². The predicted octanol–water partition coefficient (Wildman–Crippen LogP) is 5.03. The van der Waals surface area contributed by atoms with Crippen molar-refractivity contribution in [2.45, 2.75) is 23.5 Å². The van der Waals surface area contributed by atoms with Crippen LogP contribution in [0.1, 0.15) is 24.5 Å². The molecule has 25 heavy (non-hydrogen) atoms. The lowest BCUT2D eigenvalue weighted by molar-refractivity contribution is 0.361. The van der Waals surface area contributed by atoms with E-state index in [1.54, 1.807) is 11.8 Å². The SMILES string of the molecule is CCSC1([C+]=S)C=CCC(c2ccccc2)(c2ccccc2)C1[C+]=O. The Kier molecular flexibility index (Phi) is 5.42. The Morgan fingerprint density at radius 2 is 1.64 bits per heavy atom. The van der Waals surface area contributed by atoms with Gasteiger partial charge in [-0.05, 0) is 29.4 Å². The van der Waals surface area contributed by atoms with E-state index < -0.39 is 16.1 Å². The maximum absolute atomic E-state index is 12.3. The maximum atomic E-state index is 12.3. The zero-order valence-corrected chi connectivity index (χ0v) is 15.8. The van der Waals surface area contributed by atoms with Gasteiger partial charge in [0.25, 0.3) is 12.2 Å². The van der Waals surface area contributed by atoms with Crippen molar-refractivity contribution < 1.29 is 4.79 Å². The zero-order chi connectivity index (χ0) is 17.8. The molecule has 0 radical (unpaired) electrons. The molecule has 2 aromatic carbocycles. The number of thiocarbonyl (C=S) groups is 1. The molecule has 2 unspecified atom stereocenters. The van der Waals surface area contributed by atoms with Crippen LogP contribution in [0.3, 0.4) is 0 Å². The largest absolute Gasteiger partial charge is 0.518 e. The Morgan fingerprint density at radius 1 is 1.08 bits per heavy atom. The van der Waals surface area contributed by atoms with Gasteiger partial charge in [0.2, 0.25) is 0 Å². The Labute approximate surface area is 159 Å². The van der Waals surface area contributed by atoms with Gasteiger partial charge >= 0.3 is 22.3 Å². The highest BCUT2D eigenvalue weighted by Gasteiger charge is 2.68. The first-order chi connectivity index (χ1) is 12.2. The quantitative estimate of drug-likeness (QED) is 0.407. The Hall–Kier alpha value is -1.89. The topological polar surface area (TPSA) is 17.1 Å². The third kappa shape index (κ3) is 2.94. The molecular weight excluding hydrogens is 344 g/mol. The first-order valence-corrected chi connectivity index (χ1v) is 9.82. The van der Waals surface area contributed by atoms with E-state index in [-0.39, 0.29) is 0 Å². The van der Waals surface area contributed by atoms with E-state index >= 15 is 0 Å². The third-order valence-electron chi connectivity index (χ3n) is 4.97. The second-order valence-electron chi connectivity index (χ2n) is 6.19. The molecule has 0 saturated heterocycles. The second-order valence-corrected chi connectivity index (χ2v) is 7.93. The zero-order valence-electron chi connectivity index (χ0n) is 14.1. The summed E-state index contributed by atoms with van der Waals surface area (Å²) in [5.74, 6) is 0.420. The summed E-state index contributed by atoms with van der Waals surface area (Å²) in [5, 5.41) is 3.01. The van der Waals surface area contributed by atoms with Crippen molar-refractivity contribution in [1.82, 2.24) is 0 Å². The summed E-state index contributed by atoms with van der Waals surface area (Å²) in [7, 11) is 0. The predicted molar refractivity (Wildman–Crippen MR) is 110 cm³/mol. The minimum absolute atomic E-state index is 0.433. The molecular formula is C22H20OS2+2. The number of benzene rings is 2. The van der Waals surface area contributed by atoms with Crippen LogP contribution in [0.2, 0.25) is 0 Å². The average Bonchev–Trinajstić information content (AvgIpc) is 2.69. The maximum Gasteiger partial charge on any atom is 0.518 e. The smallest absolute Gasteiger partial charge is 0.0855 e. The van der Waals surface area contributed by atoms with Gasteiger partial charge in [0.15, 0.2) is 0 Å². The van der Waals surface area contributed by atoms with Crippen molar-refractivity contribution in [2.75, 3.05) is 5.75 Å². The molecule has 0 spiro atoms. The minimum Gasteiger partial charge on any atom is -0.0855 e. The summed E-state index contributed by atoms with van der Waals surface area (Å²) in [6.45, 7) is 2.08. The fourth-order valence-electron chi connectivity index (χ4n) is 3.89. The number of thioether (sulfide) groups is 1. The third-order valence-corrected chi connectivity index (χ3v) is 6.67. The summed E-state index contributed by atoms with van der Waals surface area (Å²) in [5.41, 5.74) is 1.74. The minimum atomic E-state index is -0.643. The van der Waals surface area contributed by atoms with Gasteiger partial charge in [-0.1, -0.05) is 85.4 Å². The van der Waals surface area contributed by atoms with E-state index in [0.29, 0.717) is 0 Å². The van der Waals surface area contributed by atoms with Crippen LogP contribution in [0.5, 0.6) is 0 Å². The molecule has 0 aromatic heterocycles. The highest BCUT2D eigenvalue weighted by molar-refractivity contribution is 8.02. The summed E-state index contributed by atoms with van der Waals surface area (Å²) in [4.78, 5) is 12.3. The molecule has 1 aliphatic carbocycles. The van der Waals surface area contributed by atoms with E-state index in [2.05, 4.69) is 48.9 Å². The van der Waals surface area contributed by atoms with Crippen LogP contribution in [0.25, 0.3) is 0 Å². The molecule has 2 atom stereocenters. The van der Waals surface area contributed by atoms with E-state index in [0.717, 1.165) is 23.3 Å². The summed E-state index contributed by atoms with van der Waals surface area (Å²) < 4.78 is -0.643. The second kappa shape index (κ2) is 7.56.